The topological polar surface area (TPSA) is 101 Å². The van der Waals surface area contributed by atoms with Crippen molar-refractivity contribution >= 4 is 23.9 Å². The van der Waals surface area contributed by atoms with Crippen molar-refractivity contribution in [2.24, 2.45) is 5.92 Å². The molecule has 0 spiro atoms. The Balaban J connectivity index is 3.04. The van der Waals surface area contributed by atoms with Crippen LogP contribution in [-0.4, -0.2) is 35.1 Å². The summed E-state index contributed by atoms with van der Waals surface area (Å²) in [4.78, 5) is 45.1. The molecule has 0 bridgehead atoms. The molecule has 0 aliphatic heterocycles. The average molecular weight is 277 g/mol. The predicted octanol–water partition coefficient (Wildman–Crippen LogP) is 0.907. The summed E-state index contributed by atoms with van der Waals surface area (Å²) in [7, 11) is 0. The molecule has 1 aromatic rings. The zero-order chi connectivity index (χ0) is 15.3. The van der Waals surface area contributed by atoms with E-state index in [1.165, 1.54) is 24.3 Å². The van der Waals surface area contributed by atoms with Gasteiger partial charge in [-0.3, -0.25) is 14.4 Å². The Bertz CT molecular complexity index is 550. The monoisotopic (exact) mass is 277 g/mol. The van der Waals surface area contributed by atoms with Crippen LogP contribution in [0.2, 0.25) is 0 Å². The molecule has 1 aromatic carbocycles. The highest BCUT2D eigenvalue weighted by atomic mass is 16.4. The fraction of sp³-hybridized carbons (Fsp3) is 0.286. The number of carboxylic acids is 1. The molecule has 1 amide bonds. The number of nitrogens with one attached hydrogen (secondary N) is 1. The lowest BCUT2D eigenvalue weighted by atomic mass is 9.99. The first-order valence-corrected chi connectivity index (χ1v) is 6.00. The van der Waals surface area contributed by atoms with E-state index in [0.29, 0.717) is 0 Å². The molecule has 0 radical (unpaired) electrons. The van der Waals surface area contributed by atoms with Gasteiger partial charge in [-0.1, -0.05) is 26.0 Å². The molecule has 0 aromatic heterocycles. The van der Waals surface area contributed by atoms with Crippen molar-refractivity contribution in [1.29, 1.82) is 0 Å². The largest absolute Gasteiger partial charge is 0.478 e. The number of carbonyl (C=O) groups is 4. The first kappa shape index (κ1) is 15.6. The molecule has 20 heavy (non-hydrogen) atoms. The number of carbonyl (C=O) groups excluding carboxylic acids is 3. The Kier molecular flexibility index (Phi) is 5.14. The van der Waals surface area contributed by atoms with Crippen molar-refractivity contribution in [3.05, 3.63) is 35.4 Å². The van der Waals surface area contributed by atoms with Crippen LogP contribution in [0.4, 0.5) is 0 Å². The lowest BCUT2D eigenvalue weighted by molar-refractivity contribution is -0.131. The van der Waals surface area contributed by atoms with Crippen LogP contribution in [0.1, 0.15) is 34.6 Å². The summed E-state index contributed by atoms with van der Waals surface area (Å²) in [5.74, 6) is -2.97. The van der Waals surface area contributed by atoms with E-state index in [4.69, 9.17) is 5.11 Å². The number of Topliss-reactive ketones (excluding diaryl/α,β-unsaturated/α-hetero) is 1. The van der Waals surface area contributed by atoms with E-state index in [2.05, 4.69) is 5.32 Å². The van der Waals surface area contributed by atoms with Crippen LogP contribution in [0.15, 0.2) is 24.3 Å². The zero-order valence-electron chi connectivity index (χ0n) is 11.1. The van der Waals surface area contributed by atoms with Gasteiger partial charge in [0, 0.05) is 0 Å². The second-order valence-corrected chi connectivity index (χ2v) is 4.57. The Morgan fingerprint density at radius 1 is 1.15 bits per heavy atom. The van der Waals surface area contributed by atoms with Gasteiger partial charge in [0.2, 0.25) is 5.78 Å². The van der Waals surface area contributed by atoms with Gasteiger partial charge >= 0.3 is 5.97 Å². The van der Waals surface area contributed by atoms with Crippen LogP contribution >= 0.6 is 0 Å². The number of hydrogen-bond donors (Lipinski definition) is 2. The fourth-order valence-corrected chi connectivity index (χ4v) is 1.73. The summed E-state index contributed by atoms with van der Waals surface area (Å²) in [6.07, 6.45) is 0.147. The predicted molar refractivity (Wildman–Crippen MR) is 70.6 cm³/mol. The highest BCUT2D eigenvalue weighted by Gasteiger charge is 2.25. The van der Waals surface area contributed by atoms with Crippen LogP contribution in [-0.2, 0) is 9.59 Å². The van der Waals surface area contributed by atoms with Gasteiger partial charge in [0.15, 0.2) is 6.29 Å². The van der Waals surface area contributed by atoms with Crippen LogP contribution in [0, 0.1) is 5.92 Å². The maximum absolute atomic E-state index is 12.1. The number of amides is 1. The Morgan fingerprint density at radius 2 is 1.70 bits per heavy atom. The Morgan fingerprint density at radius 3 is 2.15 bits per heavy atom. The SMILES string of the molecule is CC(C)[C@H](NC(=O)c1ccccc1C(=O)O)C(=O)C=O. The number of aromatic carboxylic acids is 1. The normalized spacial score (nSPS) is 11.8. The molecule has 1 rings (SSSR count). The van der Waals surface area contributed by atoms with Crippen LogP contribution in [0.5, 0.6) is 0 Å². The van der Waals surface area contributed by atoms with Gasteiger partial charge in [-0.05, 0) is 18.1 Å². The van der Waals surface area contributed by atoms with E-state index in [9.17, 15) is 19.2 Å². The number of rotatable bonds is 6. The number of aldehydes is 1. The number of benzene rings is 1. The molecule has 0 saturated heterocycles. The second kappa shape index (κ2) is 6.60. The zero-order valence-corrected chi connectivity index (χ0v) is 11.1. The molecule has 0 unspecified atom stereocenters. The van der Waals surface area contributed by atoms with Crippen molar-refractivity contribution in [2.45, 2.75) is 19.9 Å². The number of hydrogen-bond acceptors (Lipinski definition) is 4. The van der Waals surface area contributed by atoms with Gasteiger partial charge in [-0.2, -0.15) is 0 Å². The third-order valence-electron chi connectivity index (χ3n) is 2.78. The van der Waals surface area contributed by atoms with Gasteiger partial charge < -0.3 is 10.4 Å². The fourth-order valence-electron chi connectivity index (χ4n) is 1.73. The molecule has 0 heterocycles. The van der Waals surface area contributed by atoms with Crippen molar-refractivity contribution < 1.29 is 24.3 Å². The Labute approximate surface area is 115 Å². The third kappa shape index (κ3) is 3.50. The average Bonchev–Trinajstić information content (AvgIpc) is 2.43. The maximum atomic E-state index is 12.1. The van der Waals surface area contributed by atoms with E-state index in [-0.39, 0.29) is 23.3 Å². The summed E-state index contributed by atoms with van der Waals surface area (Å²) >= 11 is 0. The smallest absolute Gasteiger partial charge is 0.336 e. The Hall–Kier alpha value is -2.50. The van der Waals surface area contributed by atoms with Crippen LogP contribution in [0.3, 0.4) is 0 Å². The minimum absolute atomic E-state index is 0.0515. The van der Waals surface area contributed by atoms with Crippen molar-refractivity contribution in [3.8, 4) is 0 Å². The van der Waals surface area contributed by atoms with E-state index >= 15 is 0 Å². The molecular formula is C14H15NO5. The molecular weight excluding hydrogens is 262 g/mol. The summed E-state index contributed by atoms with van der Waals surface area (Å²) in [6.45, 7) is 3.35. The standard InChI is InChI=1S/C14H15NO5/c1-8(2)12(11(17)7-16)15-13(18)9-5-3-4-6-10(9)14(19)20/h3-8,12H,1-2H3,(H,15,18)(H,19,20)/t12-/m0/s1. The van der Waals surface area contributed by atoms with Gasteiger partial charge in [0.1, 0.15) is 0 Å². The van der Waals surface area contributed by atoms with Crippen LogP contribution in [0.25, 0.3) is 0 Å². The van der Waals surface area contributed by atoms with Crippen molar-refractivity contribution in [2.75, 3.05) is 0 Å². The molecule has 0 aliphatic carbocycles. The molecule has 0 fully saturated rings. The summed E-state index contributed by atoms with van der Waals surface area (Å²) in [6, 6.07) is 4.69. The van der Waals surface area contributed by atoms with E-state index < -0.39 is 23.7 Å². The molecule has 6 nitrogen and oxygen atoms in total. The summed E-state index contributed by atoms with van der Waals surface area (Å²) in [5, 5.41) is 11.4. The molecule has 6 heteroatoms. The molecule has 2 N–H and O–H groups in total. The highest BCUT2D eigenvalue weighted by Crippen LogP contribution is 2.10. The third-order valence-corrected chi connectivity index (χ3v) is 2.78. The first-order chi connectivity index (χ1) is 9.38. The van der Waals surface area contributed by atoms with Gasteiger partial charge in [-0.15, -0.1) is 0 Å². The molecule has 1 atom stereocenters. The first-order valence-electron chi connectivity index (χ1n) is 6.00. The maximum Gasteiger partial charge on any atom is 0.336 e. The second-order valence-electron chi connectivity index (χ2n) is 4.57. The lowest BCUT2D eigenvalue weighted by Gasteiger charge is -2.19. The van der Waals surface area contributed by atoms with Crippen molar-refractivity contribution in [1.82, 2.24) is 5.32 Å². The van der Waals surface area contributed by atoms with E-state index in [1.807, 2.05) is 0 Å². The minimum atomic E-state index is -1.24. The van der Waals surface area contributed by atoms with E-state index in [1.54, 1.807) is 13.8 Å². The van der Waals surface area contributed by atoms with Crippen molar-refractivity contribution in [3.63, 3.8) is 0 Å². The summed E-state index contributed by atoms with van der Waals surface area (Å²) in [5.41, 5.74) is -0.213. The summed E-state index contributed by atoms with van der Waals surface area (Å²) < 4.78 is 0. The quantitative estimate of drug-likeness (QED) is 0.594. The minimum Gasteiger partial charge on any atom is -0.478 e. The number of carboxylic acid groups (broad SMARTS) is 1. The highest BCUT2D eigenvalue weighted by molar-refractivity contribution is 6.28. The van der Waals surface area contributed by atoms with Gasteiger partial charge in [0.25, 0.3) is 5.91 Å². The molecule has 106 valence electrons. The molecule has 0 aliphatic rings. The molecule has 0 saturated carbocycles. The van der Waals surface area contributed by atoms with Gasteiger partial charge in [-0.25, -0.2) is 4.79 Å². The van der Waals surface area contributed by atoms with Crippen LogP contribution < -0.4 is 5.32 Å². The lowest BCUT2D eigenvalue weighted by Crippen LogP contribution is -2.45. The van der Waals surface area contributed by atoms with Gasteiger partial charge in [0.05, 0.1) is 17.2 Å². The van der Waals surface area contributed by atoms with E-state index in [0.717, 1.165) is 0 Å². The number of ketones is 1.